The summed E-state index contributed by atoms with van der Waals surface area (Å²) in [4.78, 5) is 0. The molecule has 0 rings (SSSR count). The predicted octanol–water partition coefficient (Wildman–Crippen LogP) is 3.72. The topological polar surface area (TPSA) is 40.5 Å². The molecule has 8 heteroatoms. The number of hydrogen-bond donors (Lipinski definition) is 2. The van der Waals surface area contributed by atoms with Crippen LogP contribution in [-0.2, 0) is 0 Å². The molecule has 0 aromatic carbocycles. The minimum absolute atomic E-state index is 0.176. The van der Waals surface area contributed by atoms with Crippen LogP contribution < -0.4 is 0 Å². The molecule has 98 valence electrons. The van der Waals surface area contributed by atoms with Gasteiger partial charge in [-0.25, -0.2) is 0 Å². The van der Waals surface area contributed by atoms with Gasteiger partial charge in [0.15, 0.2) is 7.59 Å². The highest BCUT2D eigenvalue weighted by molar-refractivity contribution is 6.69. The minimum Gasteiger partial charge on any atom is -0.396 e. The number of alkyl halides is 6. The summed E-state index contributed by atoms with van der Waals surface area (Å²) in [5.41, 5.74) is 0. The lowest BCUT2D eigenvalue weighted by Gasteiger charge is -2.35. The molecule has 0 saturated carbocycles. The Morgan fingerprint density at radius 2 is 0.938 bits per heavy atom. The van der Waals surface area contributed by atoms with Crippen LogP contribution in [0.1, 0.15) is 12.8 Å². The fraction of sp³-hybridized carbons (Fsp3) is 1.00. The Hall–Kier alpha value is 1.66. The van der Waals surface area contributed by atoms with Gasteiger partial charge in [0.2, 0.25) is 0 Å². The first-order valence-corrected chi connectivity index (χ1v) is 6.76. The average molecular weight is 353 g/mol. The summed E-state index contributed by atoms with van der Waals surface area (Å²) < 4.78 is -3.32. The second kappa shape index (κ2) is 7.30. The van der Waals surface area contributed by atoms with E-state index in [1.54, 1.807) is 0 Å². The quantitative estimate of drug-likeness (QED) is 0.740. The maximum Gasteiger partial charge on any atom is 0.193 e. The van der Waals surface area contributed by atoms with Crippen LogP contribution in [0.2, 0.25) is 0 Å². The van der Waals surface area contributed by atoms with Gasteiger partial charge in [-0.1, -0.05) is 69.6 Å². The van der Waals surface area contributed by atoms with Crippen molar-refractivity contribution in [2.75, 3.05) is 13.2 Å². The molecule has 2 nitrogen and oxygen atoms in total. The standard InChI is InChI=1S/C8H12Cl6O2/c9-7(10,11)5(1-3-15)6(2-4-16)8(12,13)14/h5-6,15-16H,1-4H2. The summed E-state index contributed by atoms with van der Waals surface area (Å²) in [7, 11) is 0. The van der Waals surface area contributed by atoms with Crippen LogP contribution in [0.5, 0.6) is 0 Å². The van der Waals surface area contributed by atoms with Crippen LogP contribution in [0, 0.1) is 11.8 Å². The van der Waals surface area contributed by atoms with Gasteiger partial charge in [0.1, 0.15) is 0 Å². The normalized spacial score (nSPS) is 17.2. The van der Waals surface area contributed by atoms with Crippen molar-refractivity contribution in [3.63, 3.8) is 0 Å². The Morgan fingerprint density at radius 1 is 0.688 bits per heavy atom. The molecule has 0 amide bonds. The maximum atomic E-state index is 8.92. The van der Waals surface area contributed by atoms with Crippen LogP contribution in [0.15, 0.2) is 0 Å². The highest BCUT2D eigenvalue weighted by Gasteiger charge is 2.46. The minimum atomic E-state index is -1.66. The third-order valence-corrected chi connectivity index (χ3v) is 3.89. The van der Waals surface area contributed by atoms with Crippen molar-refractivity contribution in [2.45, 2.75) is 20.4 Å². The van der Waals surface area contributed by atoms with Crippen LogP contribution in [0.4, 0.5) is 0 Å². The highest BCUT2D eigenvalue weighted by Crippen LogP contribution is 2.50. The maximum absolute atomic E-state index is 8.92. The molecule has 0 spiro atoms. The zero-order valence-electron chi connectivity index (χ0n) is 8.15. The lowest BCUT2D eigenvalue weighted by atomic mass is 9.89. The van der Waals surface area contributed by atoms with Crippen LogP contribution in [-0.4, -0.2) is 31.0 Å². The molecule has 0 aliphatic heterocycles. The number of hydrogen-bond acceptors (Lipinski definition) is 2. The summed E-state index contributed by atoms with van der Waals surface area (Å²) in [6, 6.07) is 0. The molecule has 16 heavy (non-hydrogen) atoms. The first-order valence-electron chi connectivity index (χ1n) is 4.49. The van der Waals surface area contributed by atoms with Crippen molar-refractivity contribution in [1.29, 1.82) is 0 Å². The van der Waals surface area contributed by atoms with E-state index in [0.717, 1.165) is 0 Å². The summed E-state index contributed by atoms with van der Waals surface area (Å²) in [6.45, 7) is -0.386. The molecule has 0 fully saturated rings. The van der Waals surface area contributed by atoms with Gasteiger partial charge in [0.05, 0.1) is 0 Å². The lowest BCUT2D eigenvalue weighted by Crippen LogP contribution is -2.37. The van der Waals surface area contributed by atoms with Gasteiger partial charge in [0.25, 0.3) is 0 Å². The fourth-order valence-electron chi connectivity index (χ4n) is 1.46. The molecule has 0 aliphatic carbocycles. The van der Waals surface area contributed by atoms with Crippen molar-refractivity contribution in [1.82, 2.24) is 0 Å². The molecule has 0 bridgehead atoms. The molecular weight excluding hydrogens is 341 g/mol. The van der Waals surface area contributed by atoms with Crippen molar-refractivity contribution in [3.05, 3.63) is 0 Å². The van der Waals surface area contributed by atoms with E-state index < -0.39 is 19.4 Å². The molecule has 0 aromatic heterocycles. The Labute approximate surface area is 125 Å². The van der Waals surface area contributed by atoms with Crippen LogP contribution in [0.3, 0.4) is 0 Å². The Morgan fingerprint density at radius 3 is 1.06 bits per heavy atom. The van der Waals surface area contributed by atoms with E-state index in [1.807, 2.05) is 0 Å². The SMILES string of the molecule is OCCC(C(CCO)C(Cl)(Cl)Cl)C(Cl)(Cl)Cl. The Kier molecular flexibility index (Phi) is 8.06. The molecule has 0 saturated heterocycles. The van der Waals surface area contributed by atoms with E-state index >= 15 is 0 Å². The molecule has 0 heterocycles. The summed E-state index contributed by atoms with van der Waals surface area (Å²) in [5, 5.41) is 17.8. The first kappa shape index (κ1) is 17.7. The number of rotatable bonds is 5. The van der Waals surface area contributed by atoms with Gasteiger partial charge < -0.3 is 10.2 Å². The van der Waals surface area contributed by atoms with Crippen LogP contribution >= 0.6 is 69.6 Å². The second-order valence-electron chi connectivity index (χ2n) is 3.32. The van der Waals surface area contributed by atoms with E-state index in [-0.39, 0.29) is 26.1 Å². The summed E-state index contributed by atoms with van der Waals surface area (Å²) >= 11 is 34.7. The zero-order valence-corrected chi connectivity index (χ0v) is 12.7. The van der Waals surface area contributed by atoms with Crippen molar-refractivity contribution in [3.8, 4) is 0 Å². The summed E-state index contributed by atoms with van der Waals surface area (Å²) in [5.74, 6) is -1.30. The number of aliphatic hydroxyl groups is 2. The second-order valence-corrected chi connectivity index (χ2v) is 8.06. The molecule has 2 unspecified atom stereocenters. The van der Waals surface area contributed by atoms with E-state index in [1.165, 1.54) is 0 Å². The van der Waals surface area contributed by atoms with E-state index in [9.17, 15) is 0 Å². The monoisotopic (exact) mass is 350 g/mol. The Balaban J connectivity index is 4.95. The van der Waals surface area contributed by atoms with E-state index in [4.69, 9.17) is 79.8 Å². The first-order chi connectivity index (χ1) is 7.14. The number of aliphatic hydroxyl groups excluding tert-OH is 2. The third kappa shape index (κ3) is 6.01. The molecule has 2 N–H and O–H groups in total. The van der Waals surface area contributed by atoms with Crippen LogP contribution in [0.25, 0.3) is 0 Å². The molecule has 0 aliphatic rings. The van der Waals surface area contributed by atoms with Gasteiger partial charge in [-0.2, -0.15) is 0 Å². The largest absolute Gasteiger partial charge is 0.396 e. The Bertz CT molecular complexity index is 178. The van der Waals surface area contributed by atoms with E-state index in [2.05, 4.69) is 0 Å². The van der Waals surface area contributed by atoms with Gasteiger partial charge in [-0.3, -0.25) is 0 Å². The third-order valence-electron chi connectivity index (χ3n) is 2.21. The van der Waals surface area contributed by atoms with Crippen molar-refractivity contribution >= 4 is 69.6 Å². The molecule has 2 atom stereocenters. The van der Waals surface area contributed by atoms with E-state index in [0.29, 0.717) is 0 Å². The predicted molar refractivity (Wildman–Crippen MR) is 71.0 cm³/mol. The molecule has 0 aromatic rings. The molecule has 0 radical (unpaired) electrons. The zero-order chi connectivity index (χ0) is 13.0. The van der Waals surface area contributed by atoms with Gasteiger partial charge in [0, 0.05) is 25.0 Å². The van der Waals surface area contributed by atoms with Gasteiger partial charge in [-0.15, -0.1) is 0 Å². The van der Waals surface area contributed by atoms with Gasteiger partial charge in [-0.05, 0) is 12.8 Å². The number of halogens is 6. The average Bonchev–Trinajstić information content (AvgIpc) is 2.07. The summed E-state index contributed by atoms with van der Waals surface area (Å²) in [6.07, 6.45) is 0.351. The highest BCUT2D eigenvalue weighted by atomic mass is 35.6. The smallest absolute Gasteiger partial charge is 0.193 e. The lowest BCUT2D eigenvalue weighted by molar-refractivity contribution is 0.184. The molecular formula is C8H12Cl6O2. The fourth-order valence-corrected chi connectivity index (χ4v) is 3.03. The van der Waals surface area contributed by atoms with Crippen molar-refractivity contribution < 1.29 is 10.2 Å². The van der Waals surface area contributed by atoms with Gasteiger partial charge >= 0.3 is 0 Å². The van der Waals surface area contributed by atoms with Crippen molar-refractivity contribution in [2.24, 2.45) is 11.8 Å².